The van der Waals surface area contributed by atoms with Gasteiger partial charge < -0.3 is 10.2 Å². The van der Waals surface area contributed by atoms with Gasteiger partial charge in [-0.25, -0.2) is 0 Å². The molecule has 1 rings (SSSR count). The molecule has 0 heterocycles. The lowest BCUT2D eigenvalue weighted by Gasteiger charge is -2.33. The van der Waals surface area contributed by atoms with Gasteiger partial charge in [-0.2, -0.15) is 31.6 Å². The van der Waals surface area contributed by atoms with Gasteiger partial charge in [-0.1, -0.05) is 19.3 Å². The van der Waals surface area contributed by atoms with Gasteiger partial charge in [0.25, 0.3) is 0 Å². The normalized spacial score (nSPS) is 12.6. The molecule has 1 aromatic rings. The largest absolute Gasteiger partial charge is 0.417 e. The molecule has 0 aliphatic carbocycles. The minimum Gasteiger partial charge on any atom is -0.350 e. The fourth-order valence-electron chi connectivity index (χ4n) is 2.58. The van der Waals surface area contributed by atoms with Gasteiger partial charge in [-0.05, 0) is 24.6 Å². The predicted octanol–water partition coefficient (Wildman–Crippen LogP) is 3.86. The first kappa shape index (κ1) is 23.2. The Labute approximate surface area is 158 Å². The van der Waals surface area contributed by atoms with Crippen LogP contribution in [0.2, 0.25) is 0 Å². The average molecular weight is 405 g/mol. The number of benzene rings is 1. The smallest absolute Gasteiger partial charge is 0.350 e. The zero-order valence-electron chi connectivity index (χ0n) is 14.8. The molecular weight excluding hydrogens is 388 g/mol. The quantitative estimate of drug-likeness (QED) is 0.554. The molecule has 10 heteroatoms. The van der Waals surface area contributed by atoms with Gasteiger partial charge in [0.05, 0.1) is 23.7 Å². The number of anilines is 1. The molecule has 0 spiro atoms. The van der Waals surface area contributed by atoms with E-state index >= 15 is 0 Å². The van der Waals surface area contributed by atoms with E-state index in [1.54, 1.807) is 6.92 Å². The molecule has 0 fully saturated rings. The van der Waals surface area contributed by atoms with Gasteiger partial charge in [0.1, 0.15) is 12.6 Å². The van der Waals surface area contributed by atoms with E-state index in [0.29, 0.717) is 17.4 Å². The summed E-state index contributed by atoms with van der Waals surface area (Å²) in [6.45, 7) is -0.266. The Morgan fingerprint density at radius 3 is 2.39 bits per heavy atom. The molecule has 152 valence electrons. The maximum Gasteiger partial charge on any atom is 0.417 e. The van der Waals surface area contributed by atoms with Gasteiger partial charge in [0.2, 0.25) is 5.91 Å². The highest BCUT2D eigenvalue weighted by Crippen LogP contribution is 2.36. The lowest BCUT2D eigenvalue weighted by molar-refractivity contribution is -0.137. The highest BCUT2D eigenvalue weighted by atomic mass is 19.4. The van der Waals surface area contributed by atoms with Crippen LogP contribution in [0.3, 0.4) is 0 Å². The number of halogens is 6. The van der Waals surface area contributed by atoms with Gasteiger partial charge in [-0.3, -0.25) is 4.79 Å². The molecule has 0 aliphatic heterocycles. The first-order valence-corrected chi connectivity index (χ1v) is 8.10. The summed E-state index contributed by atoms with van der Waals surface area (Å²) in [5, 5.41) is 11.1. The van der Waals surface area contributed by atoms with E-state index in [1.807, 2.05) is 0 Å². The van der Waals surface area contributed by atoms with E-state index in [0.717, 1.165) is 12.1 Å². The van der Waals surface area contributed by atoms with Crippen molar-refractivity contribution in [2.24, 2.45) is 0 Å². The fourth-order valence-corrected chi connectivity index (χ4v) is 2.58. The first-order valence-electron chi connectivity index (χ1n) is 8.10. The number of nitrogens with zero attached hydrogens (tertiary/aromatic N) is 2. The molecule has 28 heavy (non-hydrogen) atoms. The summed E-state index contributed by atoms with van der Waals surface area (Å²) < 4.78 is 78.9. The highest BCUT2D eigenvalue weighted by molar-refractivity contribution is 5.85. The van der Waals surface area contributed by atoms with Crippen molar-refractivity contribution < 1.29 is 31.1 Å². The van der Waals surface area contributed by atoms with Crippen LogP contribution in [-0.2, 0) is 11.0 Å². The van der Waals surface area contributed by atoms with Crippen LogP contribution in [0.4, 0.5) is 32.0 Å². The lowest BCUT2D eigenvalue weighted by atomic mass is 10.0. The Kier molecular flexibility index (Phi) is 7.74. The van der Waals surface area contributed by atoms with Crippen LogP contribution in [0, 0.1) is 23.7 Å². The summed E-state index contributed by atoms with van der Waals surface area (Å²) in [5.74, 6) is 1.28. The van der Waals surface area contributed by atoms with E-state index in [-0.39, 0.29) is 13.0 Å². The molecule has 1 aromatic carbocycles. The van der Waals surface area contributed by atoms with E-state index in [2.05, 4.69) is 11.2 Å². The number of carbonyl (C=O) groups excluding carboxylic acids is 1. The molecule has 0 bridgehead atoms. The number of hydrogen-bond acceptors (Lipinski definition) is 3. The summed E-state index contributed by atoms with van der Waals surface area (Å²) in [7, 11) is 0. The molecule has 1 unspecified atom stereocenters. The zero-order chi connectivity index (χ0) is 21.5. The van der Waals surface area contributed by atoms with Gasteiger partial charge in [0.15, 0.2) is 0 Å². The number of amides is 1. The zero-order valence-corrected chi connectivity index (χ0v) is 14.8. The third kappa shape index (κ3) is 6.38. The number of alkyl halides is 6. The summed E-state index contributed by atoms with van der Waals surface area (Å²) >= 11 is 0. The predicted molar refractivity (Wildman–Crippen MR) is 90.1 cm³/mol. The van der Waals surface area contributed by atoms with Crippen molar-refractivity contribution in [3.05, 3.63) is 29.3 Å². The summed E-state index contributed by atoms with van der Waals surface area (Å²) in [4.78, 5) is 12.9. The Bertz CT molecular complexity index is 773. The van der Waals surface area contributed by atoms with Crippen LogP contribution in [-0.4, -0.2) is 31.2 Å². The third-order valence-corrected chi connectivity index (χ3v) is 3.72. The molecule has 0 saturated carbocycles. The standard InChI is InChI=1S/C18H17F6N3O/c1-3-5-15(16(28)26-8-4-2)27(11-17(19,20)21)13-7-6-12(10-25)14(9-13)18(22,23)24/h2,6-7,9,15H,3,5,8,11H2,1H3,(H,26,28). The Balaban J connectivity index is 3.50. The second kappa shape index (κ2) is 9.36. The van der Waals surface area contributed by atoms with Crippen LogP contribution in [0.25, 0.3) is 0 Å². The highest BCUT2D eigenvalue weighted by Gasteiger charge is 2.39. The molecule has 0 aliphatic rings. The summed E-state index contributed by atoms with van der Waals surface area (Å²) in [6, 6.07) is 2.15. The maximum atomic E-state index is 13.2. The van der Waals surface area contributed by atoms with Gasteiger partial charge >= 0.3 is 12.4 Å². The monoisotopic (exact) mass is 405 g/mol. The minimum absolute atomic E-state index is 0.0478. The van der Waals surface area contributed by atoms with Crippen molar-refractivity contribution in [2.75, 3.05) is 18.0 Å². The second-order valence-corrected chi connectivity index (χ2v) is 5.81. The number of hydrogen-bond donors (Lipinski definition) is 1. The topological polar surface area (TPSA) is 56.1 Å². The van der Waals surface area contributed by atoms with Crippen LogP contribution in [0.1, 0.15) is 30.9 Å². The third-order valence-electron chi connectivity index (χ3n) is 3.72. The maximum absolute atomic E-state index is 13.2. The van der Waals surface area contributed by atoms with Crippen LogP contribution in [0.5, 0.6) is 0 Å². The average Bonchev–Trinajstić information content (AvgIpc) is 2.60. The van der Waals surface area contributed by atoms with Crippen molar-refractivity contribution in [3.63, 3.8) is 0 Å². The van der Waals surface area contributed by atoms with Crippen LogP contribution >= 0.6 is 0 Å². The van der Waals surface area contributed by atoms with E-state index in [1.165, 1.54) is 6.07 Å². The lowest BCUT2D eigenvalue weighted by Crippen LogP contribution is -2.50. The first-order chi connectivity index (χ1) is 12.9. The number of nitriles is 1. The second-order valence-electron chi connectivity index (χ2n) is 5.81. The number of rotatable bonds is 7. The van der Waals surface area contributed by atoms with Gasteiger partial charge in [-0.15, -0.1) is 6.42 Å². The van der Waals surface area contributed by atoms with Crippen LogP contribution < -0.4 is 10.2 Å². The number of terminal acetylenes is 1. The van der Waals surface area contributed by atoms with Gasteiger partial charge in [0, 0.05) is 5.69 Å². The summed E-state index contributed by atoms with van der Waals surface area (Å²) in [5.41, 5.74) is -2.58. The SMILES string of the molecule is C#CCNC(=O)C(CCC)N(CC(F)(F)F)c1ccc(C#N)c(C(F)(F)F)c1. The van der Waals surface area contributed by atoms with E-state index in [9.17, 15) is 31.1 Å². The Morgan fingerprint density at radius 1 is 1.29 bits per heavy atom. The van der Waals surface area contributed by atoms with Crippen molar-refractivity contribution in [3.8, 4) is 18.4 Å². The van der Waals surface area contributed by atoms with Crippen molar-refractivity contribution in [2.45, 2.75) is 38.2 Å². The Morgan fingerprint density at radius 2 is 1.93 bits per heavy atom. The van der Waals surface area contributed by atoms with E-state index in [4.69, 9.17) is 11.7 Å². The Hall–Kier alpha value is -2.88. The molecule has 0 radical (unpaired) electrons. The molecule has 0 saturated heterocycles. The number of carbonyl (C=O) groups is 1. The summed E-state index contributed by atoms with van der Waals surface area (Å²) in [6.07, 6.45) is -4.46. The molecule has 1 N–H and O–H groups in total. The van der Waals surface area contributed by atoms with Crippen molar-refractivity contribution in [1.29, 1.82) is 5.26 Å². The molecule has 0 aromatic heterocycles. The molecular formula is C18H17F6N3O. The molecule has 4 nitrogen and oxygen atoms in total. The molecule has 1 amide bonds. The van der Waals surface area contributed by atoms with Crippen molar-refractivity contribution in [1.82, 2.24) is 5.32 Å². The minimum atomic E-state index is -4.95. The number of nitrogens with one attached hydrogen (secondary N) is 1. The van der Waals surface area contributed by atoms with E-state index < -0.39 is 47.7 Å². The van der Waals surface area contributed by atoms with Crippen LogP contribution in [0.15, 0.2) is 18.2 Å². The molecule has 1 atom stereocenters. The fraction of sp³-hybridized carbons (Fsp3) is 0.444. The van der Waals surface area contributed by atoms with Crippen molar-refractivity contribution >= 4 is 11.6 Å².